The highest BCUT2D eigenvalue weighted by Crippen LogP contribution is 2.21. The molecule has 0 heterocycles. The highest BCUT2D eigenvalue weighted by Gasteiger charge is 2.29. The first-order valence-electron chi connectivity index (χ1n) is 6.53. The Labute approximate surface area is 122 Å². The minimum atomic E-state index is -1.05. The van der Waals surface area contributed by atoms with E-state index in [1.54, 1.807) is 20.8 Å². The summed E-state index contributed by atoms with van der Waals surface area (Å²) in [6, 6.07) is 1.81. The van der Waals surface area contributed by atoms with Crippen LogP contribution in [0.4, 0.5) is 8.78 Å². The lowest BCUT2D eigenvalue weighted by molar-refractivity contribution is -0.137. The number of amides is 1. The number of aliphatic carboxylic acids is 1. The van der Waals surface area contributed by atoms with Crippen LogP contribution in [0.25, 0.3) is 0 Å². The highest BCUT2D eigenvalue weighted by molar-refractivity contribution is 5.95. The van der Waals surface area contributed by atoms with Gasteiger partial charge in [0.15, 0.2) is 0 Å². The average Bonchev–Trinajstić information content (AvgIpc) is 2.31. The Balaban J connectivity index is 3.17. The van der Waals surface area contributed by atoms with Crippen molar-refractivity contribution in [3.8, 4) is 0 Å². The molecule has 0 unspecified atom stereocenters. The zero-order chi connectivity index (χ0) is 16.4. The van der Waals surface area contributed by atoms with Crippen molar-refractivity contribution in [1.82, 2.24) is 4.90 Å². The second-order valence-electron chi connectivity index (χ2n) is 5.85. The second-order valence-corrected chi connectivity index (χ2v) is 5.85. The molecule has 0 aliphatic heterocycles. The molecule has 0 bridgehead atoms. The molecule has 4 nitrogen and oxygen atoms in total. The topological polar surface area (TPSA) is 57.6 Å². The first-order chi connectivity index (χ1) is 9.54. The number of hydrogen-bond donors (Lipinski definition) is 1. The molecule has 0 saturated heterocycles. The quantitative estimate of drug-likeness (QED) is 0.930. The first kappa shape index (κ1) is 17.1. The molecule has 1 aromatic carbocycles. The molecule has 21 heavy (non-hydrogen) atoms. The van der Waals surface area contributed by atoms with Crippen LogP contribution in [0.2, 0.25) is 0 Å². The number of carbonyl (C=O) groups is 2. The number of carboxylic acids is 1. The van der Waals surface area contributed by atoms with Crippen LogP contribution in [0.1, 0.15) is 43.1 Å². The number of carbonyl (C=O) groups excluding carboxylic acids is 1. The van der Waals surface area contributed by atoms with Gasteiger partial charge < -0.3 is 10.0 Å². The van der Waals surface area contributed by atoms with Gasteiger partial charge >= 0.3 is 5.97 Å². The van der Waals surface area contributed by atoms with Crippen molar-refractivity contribution in [3.63, 3.8) is 0 Å². The van der Waals surface area contributed by atoms with Gasteiger partial charge in [-0.2, -0.15) is 0 Å². The van der Waals surface area contributed by atoms with E-state index < -0.39 is 29.0 Å². The first-order valence-corrected chi connectivity index (χ1v) is 6.53. The third-order valence-electron chi connectivity index (χ3n) is 3.08. The Hall–Kier alpha value is -1.98. The Morgan fingerprint density at radius 2 is 1.76 bits per heavy atom. The summed E-state index contributed by atoms with van der Waals surface area (Å²) < 4.78 is 27.1. The van der Waals surface area contributed by atoms with E-state index in [0.717, 1.165) is 6.07 Å². The molecule has 0 aliphatic carbocycles. The monoisotopic (exact) mass is 299 g/mol. The Morgan fingerprint density at radius 1 is 1.19 bits per heavy atom. The van der Waals surface area contributed by atoms with Gasteiger partial charge in [0.25, 0.3) is 5.91 Å². The minimum Gasteiger partial charge on any atom is -0.481 e. The molecule has 1 aromatic rings. The number of halogens is 2. The van der Waals surface area contributed by atoms with Gasteiger partial charge in [-0.25, -0.2) is 8.78 Å². The van der Waals surface area contributed by atoms with Gasteiger partial charge in [0.05, 0.1) is 12.0 Å². The molecule has 0 aromatic heterocycles. The van der Waals surface area contributed by atoms with Crippen LogP contribution in [0, 0.1) is 18.6 Å². The molecule has 1 rings (SSSR count). The molecule has 6 heteroatoms. The lowest BCUT2D eigenvalue weighted by Gasteiger charge is -2.35. The van der Waals surface area contributed by atoms with Crippen LogP contribution in [0.3, 0.4) is 0 Å². The molecule has 0 aliphatic rings. The lowest BCUT2D eigenvalue weighted by Crippen LogP contribution is -2.47. The van der Waals surface area contributed by atoms with Gasteiger partial charge in [0.2, 0.25) is 0 Å². The van der Waals surface area contributed by atoms with Crippen LogP contribution in [0.15, 0.2) is 12.1 Å². The third kappa shape index (κ3) is 4.24. The summed E-state index contributed by atoms with van der Waals surface area (Å²) in [5.74, 6) is -3.37. The molecule has 1 N–H and O–H groups in total. The summed E-state index contributed by atoms with van der Waals surface area (Å²) in [5.41, 5.74) is -0.776. The zero-order valence-electron chi connectivity index (χ0n) is 12.5. The van der Waals surface area contributed by atoms with Crippen molar-refractivity contribution < 1.29 is 23.5 Å². The van der Waals surface area contributed by atoms with Gasteiger partial charge in [0, 0.05) is 18.2 Å². The molecule has 116 valence electrons. The Morgan fingerprint density at radius 3 is 2.24 bits per heavy atom. The Kier molecular flexibility index (Phi) is 5.04. The molecule has 0 spiro atoms. The van der Waals surface area contributed by atoms with Gasteiger partial charge in [0.1, 0.15) is 11.6 Å². The van der Waals surface area contributed by atoms with E-state index in [1.807, 2.05) is 0 Å². The SMILES string of the molecule is Cc1cc(C(=O)N(CCC(=O)O)C(C)(C)C)c(F)cc1F. The zero-order valence-corrected chi connectivity index (χ0v) is 12.5. The maximum Gasteiger partial charge on any atom is 0.305 e. The van der Waals surface area contributed by atoms with Crippen molar-refractivity contribution in [2.75, 3.05) is 6.54 Å². The van der Waals surface area contributed by atoms with Gasteiger partial charge in [-0.05, 0) is 39.3 Å². The minimum absolute atomic E-state index is 0.0481. The standard InChI is InChI=1S/C15H19F2NO3/c1-9-7-10(12(17)8-11(9)16)14(21)18(15(2,3)4)6-5-13(19)20/h7-8H,5-6H2,1-4H3,(H,19,20). The van der Waals surface area contributed by atoms with Crippen molar-refractivity contribution in [2.24, 2.45) is 0 Å². The van der Waals surface area contributed by atoms with Crippen LogP contribution >= 0.6 is 0 Å². The van der Waals surface area contributed by atoms with E-state index in [9.17, 15) is 18.4 Å². The maximum absolute atomic E-state index is 13.8. The van der Waals surface area contributed by atoms with Crippen molar-refractivity contribution >= 4 is 11.9 Å². The average molecular weight is 299 g/mol. The number of hydrogen-bond acceptors (Lipinski definition) is 2. The van der Waals surface area contributed by atoms with Crippen molar-refractivity contribution in [3.05, 3.63) is 34.9 Å². The number of aryl methyl sites for hydroxylation is 1. The number of benzene rings is 1. The summed E-state index contributed by atoms with van der Waals surface area (Å²) >= 11 is 0. The van der Waals surface area contributed by atoms with Gasteiger partial charge in [-0.15, -0.1) is 0 Å². The van der Waals surface area contributed by atoms with E-state index in [-0.39, 0.29) is 24.1 Å². The smallest absolute Gasteiger partial charge is 0.305 e. The van der Waals surface area contributed by atoms with Crippen molar-refractivity contribution in [1.29, 1.82) is 0 Å². The molecular weight excluding hydrogens is 280 g/mol. The summed E-state index contributed by atoms with van der Waals surface area (Å²) in [4.78, 5) is 24.4. The molecule has 1 amide bonds. The molecule has 0 saturated carbocycles. The normalized spacial score (nSPS) is 11.3. The maximum atomic E-state index is 13.8. The van der Waals surface area contributed by atoms with Crippen LogP contribution in [-0.2, 0) is 4.79 Å². The number of rotatable bonds is 4. The highest BCUT2D eigenvalue weighted by atomic mass is 19.1. The van der Waals surface area contributed by atoms with Crippen LogP contribution in [0.5, 0.6) is 0 Å². The van der Waals surface area contributed by atoms with Crippen LogP contribution < -0.4 is 0 Å². The summed E-state index contributed by atoms with van der Waals surface area (Å²) in [7, 11) is 0. The van der Waals surface area contributed by atoms with E-state index >= 15 is 0 Å². The van der Waals surface area contributed by atoms with Crippen LogP contribution in [-0.4, -0.2) is 34.0 Å². The Bertz CT molecular complexity index is 565. The van der Waals surface area contributed by atoms with Crippen molar-refractivity contribution in [2.45, 2.75) is 39.7 Å². The van der Waals surface area contributed by atoms with E-state index in [4.69, 9.17) is 5.11 Å². The third-order valence-corrected chi connectivity index (χ3v) is 3.08. The molecule has 0 atom stereocenters. The second kappa shape index (κ2) is 6.20. The summed E-state index contributed by atoms with van der Waals surface area (Å²) in [5, 5.41) is 8.75. The van der Waals surface area contributed by atoms with Gasteiger partial charge in [-0.3, -0.25) is 9.59 Å². The fourth-order valence-corrected chi connectivity index (χ4v) is 1.92. The van der Waals surface area contributed by atoms with E-state index in [2.05, 4.69) is 0 Å². The van der Waals surface area contributed by atoms with Gasteiger partial charge in [-0.1, -0.05) is 0 Å². The number of carboxylic acid groups (broad SMARTS) is 1. The lowest BCUT2D eigenvalue weighted by atomic mass is 10.0. The summed E-state index contributed by atoms with van der Waals surface area (Å²) in [6.07, 6.45) is -0.245. The predicted molar refractivity (Wildman–Crippen MR) is 74.1 cm³/mol. The van der Waals surface area contributed by atoms with E-state index in [1.165, 1.54) is 11.8 Å². The fraction of sp³-hybridized carbons (Fsp3) is 0.467. The molecule has 0 fully saturated rings. The predicted octanol–water partition coefficient (Wildman–Crippen LogP) is 2.99. The summed E-state index contributed by atoms with van der Waals surface area (Å²) in [6.45, 7) is 6.56. The largest absolute Gasteiger partial charge is 0.481 e. The fourth-order valence-electron chi connectivity index (χ4n) is 1.92. The number of nitrogens with zero attached hydrogens (tertiary/aromatic N) is 1. The molecular formula is C15H19F2NO3. The molecule has 0 radical (unpaired) electrons. The van der Waals surface area contributed by atoms with E-state index in [0.29, 0.717) is 6.07 Å².